The predicted molar refractivity (Wildman–Crippen MR) is 179 cm³/mol. The van der Waals surface area contributed by atoms with Gasteiger partial charge in [0, 0.05) is 30.4 Å². The summed E-state index contributed by atoms with van der Waals surface area (Å²) >= 11 is 1.69. The predicted octanol–water partition coefficient (Wildman–Crippen LogP) is 5.34. The molecule has 6 atom stereocenters. The molecule has 2 unspecified atom stereocenters. The zero-order chi connectivity index (χ0) is 32.4. The van der Waals surface area contributed by atoms with Gasteiger partial charge in [-0.25, -0.2) is 0 Å². The van der Waals surface area contributed by atoms with Crippen LogP contribution in [0.2, 0.25) is 0 Å². The highest BCUT2D eigenvalue weighted by molar-refractivity contribution is 8.02. The molecule has 1 aromatic carbocycles. The van der Waals surface area contributed by atoms with Gasteiger partial charge in [-0.2, -0.15) is 0 Å². The lowest BCUT2D eigenvalue weighted by atomic mass is 9.70. The fourth-order valence-electron chi connectivity index (χ4n) is 8.42. The number of fused-ring (bicyclic) bond motifs is 1. The molecule has 3 fully saturated rings. The molecule has 1 N–H and O–H groups in total. The van der Waals surface area contributed by atoms with Crippen molar-refractivity contribution in [2.45, 2.75) is 101 Å². The number of likely N-dealkylation sites (tertiary alicyclic amines) is 1. The Morgan fingerprint density at radius 1 is 1.11 bits per heavy atom. The summed E-state index contributed by atoms with van der Waals surface area (Å²) in [6.45, 7) is 21.7. The number of amides is 3. The van der Waals surface area contributed by atoms with E-state index in [2.05, 4.69) is 47.8 Å². The molecule has 1 spiro atoms. The number of nitrogens with zero attached hydrogens (tertiary/aromatic N) is 3. The molecule has 2 bridgehead atoms. The summed E-state index contributed by atoms with van der Waals surface area (Å²) in [5.74, 6) is -1.41. The van der Waals surface area contributed by atoms with Crippen LogP contribution in [0.25, 0.3) is 0 Å². The van der Waals surface area contributed by atoms with Crippen LogP contribution in [0.3, 0.4) is 0 Å². The fourth-order valence-corrected chi connectivity index (χ4v) is 10.6. The summed E-state index contributed by atoms with van der Waals surface area (Å²) in [6.07, 6.45) is 6.97. The second-order valence-corrected chi connectivity index (χ2v) is 16.3. The fraction of sp³-hybridized carbons (Fsp3) is 0.639. The van der Waals surface area contributed by atoms with Crippen molar-refractivity contribution in [1.82, 2.24) is 14.7 Å². The number of rotatable bonds is 14. The molecular formula is C36H53N3O4S. The highest BCUT2D eigenvalue weighted by Crippen LogP contribution is 2.67. The van der Waals surface area contributed by atoms with E-state index in [9.17, 15) is 14.7 Å². The molecule has 3 heterocycles. The molecule has 3 amide bonds. The standard InChI is InChI=1S/C36H53N3O4S/c1-9-19-37(20-10-2)31(41)28-27-17-18-36(44-27)29(28)32(42)39(26(23-40)22-25-15-13-12-14-16-25)30(36)33(43)38(21-11-3)35(7,8)24-34(4,5)6/h9,11-16,26-30,40H,1,3,10,17-24H2,2,4-8H3/t26-,27+,28-,29+,30?,36?/m1/s1. The minimum Gasteiger partial charge on any atom is -0.394 e. The van der Waals surface area contributed by atoms with Crippen LogP contribution in [0.1, 0.15) is 72.8 Å². The number of benzene rings is 1. The van der Waals surface area contributed by atoms with Gasteiger partial charge in [-0.3, -0.25) is 14.4 Å². The summed E-state index contributed by atoms with van der Waals surface area (Å²) in [5, 5.41) is 10.8. The van der Waals surface area contributed by atoms with E-state index in [4.69, 9.17) is 0 Å². The Bertz CT molecular complexity index is 1230. The van der Waals surface area contributed by atoms with Crippen LogP contribution in [0.4, 0.5) is 0 Å². The molecule has 4 rings (SSSR count). The van der Waals surface area contributed by atoms with Crippen molar-refractivity contribution in [2.75, 3.05) is 26.2 Å². The zero-order valence-corrected chi connectivity index (χ0v) is 28.4. The van der Waals surface area contributed by atoms with Crippen LogP contribution in [0, 0.1) is 17.3 Å². The smallest absolute Gasteiger partial charge is 0.247 e. The third-order valence-electron chi connectivity index (χ3n) is 9.60. The second kappa shape index (κ2) is 13.4. The third kappa shape index (κ3) is 6.39. The topological polar surface area (TPSA) is 81.2 Å². The highest BCUT2D eigenvalue weighted by atomic mass is 32.2. The first-order chi connectivity index (χ1) is 20.8. The van der Waals surface area contributed by atoms with Crippen molar-refractivity contribution in [3.8, 4) is 0 Å². The van der Waals surface area contributed by atoms with Gasteiger partial charge in [0.15, 0.2) is 0 Å². The van der Waals surface area contributed by atoms with Crippen LogP contribution < -0.4 is 0 Å². The van der Waals surface area contributed by atoms with Gasteiger partial charge in [-0.05, 0) is 56.9 Å². The van der Waals surface area contributed by atoms with Gasteiger partial charge in [-0.15, -0.1) is 24.9 Å². The molecule has 3 aliphatic rings. The largest absolute Gasteiger partial charge is 0.394 e. The van der Waals surface area contributed by atoms with Gasteiger partial charge in [0.2, 0.25) is 17.7 Å². The molecule has 44 heavy (non-hydrogen) atoms. The van der Waals surface area contributed by atoms with Crippen molar-refractivity contribution >= 4 is 29.5 Å². The van der Waals surface area contributed by atoms with Gasteiger partial charge in [0.1, 0.15) is 6.04 Å². The molecular weight excluding hydrogens is 570 g/mol. The van der Waals surface area contributed by atoms with E-state index in [1.54, 1.807) is 28.8 Å². The van der Waals surface area contributed by atoms with Crippen molar-refractivity contribution < 1.29 is 19.5 Å². The minimum absolute atomic E-state index is 0.0168. The molecule has 0 aliphatic carbocycles. The van der Waals surface area contributed by atoms with E-state index in [-0.39, 0.29) is 35.0 Å². The maximum absolute atomic E-state index is 15.1. The normalized spacial score (nSPS) is 26.8. The van der Waals surface area contributed by atoms with Gasteiger partial charge >= 0.3 is 0 Å². The van der Waals surface area contributed by atoms with Gasteiger partial charge in [0.25, 0.3) is 0 Å². The first-order valence-corrected chi connectivity index (χ1v) is 17.1. The summed E-state index contributed by atoms with van der Waals surface area (Å²) in [6, 6.07) is 8.42. The summed E-state index contributed by atoms with van der Waals surface area (Å²) in [5.41, 5.74) is 0.433. The first-order valence-electron chi connectivity index (χ1n) is 16.2. The lowest BCUT2D eigenvalue weighted by Gasteiger charge is -2.46. The summed E-state index contributed by atoms with van der Waals surface area (Å²) < 4.78 is -0.730. The van der Waals surface area contributed by atoms with Gasteiger partial charge in [-0.1, -0.05) is 70.2 Å². The zero-order valence-electron chi connectivity index (χ0n) is 27.6. The maximum Gasteiger partial charge on any atom is 0.247 e. The van der Waals surface area contributed by atoms with E-state index in [1.165, 1.54) is 0 Å². The Hall–Kier alpha value is -2.58. The number of hydrogen-bond donors (Lipinski definition) is 1. The molecule has 1 aromatic rings. The molecule has 8 heteroatoms. The Kier molecular flexibility index (Phi) is 10.5. The molecule has 7 nitrogen and oxygen atoms in total. The summed E-state index contributed by atoms with van der Waals surface area (Å²) in [4.78, 5) is 49.6. The summed E-state index contributed by atoms with van der Waals surface area (Å²) in [7, 11) is 0. The number of aliphatic hydroxyl groups is 1. The number of thioether (sulfide) groups is 1. The Balaban J connectivity index is 1.83. The lowest BCUT2D eigenvalue weighted by Crippen LogP contribution is -2.62. The van der Waals surface area contributed by atoms with Crippen molar-refractivity contribution in [3.63, 3.8) is 0 Å². The molecule has 0 saturated carbocycles. The molecule has 3 aliphatic heterocycles. The average molecular weight is 624 g/mol. The van der Waals surface area contributed by atoms with Gasteiger partial charge < -0.3 is 19.8 Å². The Morgan fingerprint density at radius 2 is 1.77 bits per heavy atom. The lowest BCUT2D eigenvalue weighted by molar-refractivity contribution is -0.149. The number of carbonyl (C=O) groups is 3. The highest BCUT2D eigenvalue weighted by Gasteiger charge is 2.75. The Labute approximate surface area is 269 Å². The number of carbonyl (C=O) groups excluding carboxylic acids is 3. The molecule has 242 valence electrons. The van der Waals surface area contributed by atoms with Crippen LogP contribution >= 0.6 is 11.8 Å². The average Bonchev–Trinajstić information content (AvgIpc) is 3.60. The monoisotopic (exact) mass is 623 g/mol. The minimum atomic E-state index is -0.785. The molecule has 3 saturated heterocycles. The second-order valence-electron chi connectivity index (χ2n) is 14.7. The number of hydrogen-bond acceptors (Lipinski definition) is 5. The van der Waals surface area contributed by atoms with E-state index in [0.717, 1.165) is 24.8 Å². The maximum atomic E-state index is 15.1. The van der Waals surface area contributed by atoms with Crippen LogP contribution in [-0.4, -0.2) is 91.4 Å². The van der Waals surface area contributed by atoms with Crippen LogP contribution in [0.15, 0.2) is 55.6 Å². The van der Waals surface area contributed by atoms with E-state index in [1.807, 2.05) is 47.1 Å². The van der Waals surface area contributed by atoms with E-state index in [0.29, 0.717) is 32.5 Å². The van der Waals surface area contributed by atoms with E-state index < -0.39 is 34.2 Å². The first kappa shape index (κ1) is 34.3. The van der Waals surface area contributed by atoms with Crippen molar-refractivity contribution in [3.05, 3.63) is 61.2 Å². The molecule has 0 aromatic heterocycles. The van der Waals surface area contributed by atoms with Crippen LogP contribution in [0.5, 0.6) is 0 Å². The quantitative estimate of drug-likeness (QED) is 0.283. The number of aliphatic hydroxyl groups excluding tert-OH is 1. The van der Waals surface area contributed by atoms with Crippen molar-refractivity contribution in [2.24, 2.45) is 17.3 Å². The van der Waals surface area contributed by atoms with Gasteiger partial charge in [0.05, 0.1) is 29.2 Å². The van der Waals surface area contributed by atoms with E-state index >= 15 is 4.79 Å². The SMILES string of the molecule is C=CCN(CCC)C(=O)[C@@H]1[C@@H]2CCC3(S2)C(C(=O)N(CC=C)C(C)(C)CC(C)(C)C)N([C@@H](CO)Cc2ccccc2)C(=O)[C@H]13. The third-order valence-corrected chi connectivity index (χ3v) is 11.6. The Morgan fingerprint density at radius 3 is 2.34 bits per heavy atom. The van der Waals surface area contributed by atoms with Crippen LogP contribution in [-0.2, 0) is 20.8 Å². The molecule has 0 radical (unpaired) electrons. The van der Waals surface area contributed by atoms with Crippen molar-refractivity contribution in [1.29, 1.82) is 0 Å².